The highest BCUT2D eigenvalue weighted by Crippen LogP contribution is 2.32. The van der Waals surface area contributed by atoms with Gasteiger partial charge in [-0.05, 0) is 43.0 Å². The predicted octanol–water partition coefficient (Wildman–Crippen LogP) is 5.04. The Morgan fingerprint density at radius 2 is 1.75 bits per heavy atom. The van der Waals surface area contributed by atoms with Gasteiger partial charge in [-0.3, -0.25) is 9.20 Å². The van der Waals surface area contributed by atoms with Gasteiger partial charge >= 0.3 is 0 Å². The third-order valence-electron chi connectivity index (χ3n) is 6.17. The summed E-state index contributed by atoms with van der Waals surface area (Å²) in [5.41, 5.74) is 4.88. The summed E-state index contributed by atoms with van der Waals surface area (Å²) in [4.78, 5) is 22.0. The van der Waals surface area contributed by atoms with E-state index in [0.29, 0.717) is 34.8 Å². The minimum atomic E-state index is -0.0270. The first-order chi connectivity index (χ1) is 17.4. The molecule has 36 heavy (non-hydrogen) atoms. The van der Waals surface area contributed by atoms with Crippen LogP contribution in [0.4, 0.5) is 5.82 Å². The molecule has 1 saturated carbocycles. The van der Waals surface area contributed by atoms with Gasteiger partial charge in [-0.15, -0.1) is 0 Å². The maximum atomic E-state index is 12.4. The molecule has 5 rings (SSSR count). The molecular weight excluding hydrogens is 454 g/mol. The Morgan fingerprint density at radius 1 is 1.06 bits per heavy atom. The molecule has 1 aliphatic carbocycles. The van der Waals surface area contributed by atoms with E-state index < -0.39 is 0 Å². The number of fused-ring (bicyclic) bond motifs is 1. The van der Waals surface area contributed by atoms with E-state index in [1.807, 2.05) is 59.3 Å². The summed E-state index contributed by atoms with van der Waals surface area (Å²) < 4.78 is 13.0. The van der Waals surface area contributed by atoms with Gasteiger partial charge in [-0.25, -0.2) is 9.97 Å². The number of ether oxygens (including phenoxy) is 2. The minimum Gasteiger partial charge on any atom is -0.497 e. The van der Waals surface area contributed by atoms with Crippen molar-refractivity contribution in [2.75, 3.05) is 26.1 Å². The van der Waals surface area contributed by atoms with Crippen LogP contribution in [-0.4, -0.2) is 47.1 Å². The molecule has 0 saturated heterocycles. The zero-order valence-electron chi connectivity index (χ0n) is 21.0. The van der Waals surface area contributed by atoms with E-state index >= 15 is 0 Å². The van der Waals surface area contributed by atoms with Gasteiger partial charge in [0.05, 0.1) is 31.8 Å². The normalized spacial score (nSPS) is 13.1. The van der Waals surface area contributed by atoms with Gasteiger partial charge in [-0.1, -0.05) is 26.0 Å². The number of benzene rings is 2. The number of carbonyl (C=O) groups excluding carboxylic acids is 1. The van der Waals surface area contributed by atoms with Crippen LogP contribution < -0.4 is 20.1 Å². The summed E-state index contributed by atoms with van der Waals surface area (Å²) in [5.74, 6) is 2.49. The Labute approximate surface area is 210 Å². The van der Waals surface area contributed by atoms with Crippen LogP contribution in [0.2, 0.25) is 0 Å². The minimum absolute atomic E-state index is 0.0270. The maximum Gasteiger partial charge on any atom is 0.251 e. The van der Waals surface area contributed by atoms with Crippen LogP contribution in [0.5, 0.6) is 11.5 Å². The second-order valence-electron chi connectivity index (χ2n) is 9.51. The fourth-order valence-corrected chi connectivity index (χ4v) is 4.00. The summed E-state index contributed by atoms with van der Waals surface area (Å²) in [7, 11) is 3.26. The second kappa shape index (κ2) is 9.89. The first-order valence-electron chi connectivity index (χ1n) is 12.2. The molecule has 0 unspecified atom stereocenters. The standard InChI is InChI=1S/C28H31N5O3/c1-17(2)14-29-26-27-30-15-25(18-5-7-19(8-6-18)28(34)31-21-9-10-21)33(27)16-24(32-26)20-11-22(35-3)13-23(12-20)36-4/h5-8,11-13,15-17,21H,9-10,14H2,1-4H3,(H,29,32)(H,31,34). The molecule has 0 radical (unpaired) electrons. The van der Waals surface area contributed by atoms with Crippen LogP contribution in [0.1, 0.15) is 37.0 Å². The fourth-order valence-electron chi connectivity index (χ4n) is 4.00. The lowest BCUT2D eigenvalue weighted by Gasteiger charge is -2.14. The Morgan fingerprint density at radius 3 is 2.36 bits per heavy atom. The van der Waals surface area contributed by atoms with Gasteiger partial charge in [0, 0.05) is 41.5 Å². The van der Waals surface area contributed by atoms with Gasteiger partial charge in [0.25, 0.3) is 5.91 Å². The smallest absolute Gasteiger partial charge is 0.251 e. The zero-order valence-corrected chi connectivity index (χ0v) is 21.0. The number of rotatable bonds is 9. The molecule has 8 nitrogen and oxygen atoms in total. The third kappa shape index (κ3) is 4.98. The largest absolute Gasteiger partial charge is 0.497 e. The van der Waals surface area contributed by atoms with Crippen molar-refractivity contribution in [2.24, 2.45) is 5.92 Å². The molecule has 4 aromatic rings. The Bertz CT molecular complexity index is 1370. The maximum absolute atomic E-state index is 12.4. The van der Waals surface area contributed by atoms with Crippen LogP contribution in [-0.2, 0) is 0 Å². The molecule has 2 heterocycles. The molecule has 1 aliphatic rings. The van der Waals surface area contributed by atoms with Crippen LogP contribution in [0.25, 0.3) is 28.2 Å². The molecule has 186 valence electrons. The fraction of sp³-hybridized carbons (Fsp3) is 0.321. The Balaban J connectivity index is 1.58. The number of nitrogens with zero attached hydrogens (tertiary/aromatic N) is 3. The molecule has 2 aromatic heterocycles. The molecule has 1 amide bonds. The Hall–Kier alpha value is -4.07. The van der Waals surface area contributed by atoms with Gasteiger partial charge in [0.2, 0.25) is 0 Å². The second-order valence-corrected chi connectivity index (χ2v) is 9.51. The summed E-state index contributed by atoms with van der Waals surface area (Å²) in [6, 6.07) is 13.7. The summed E-state index contributed by atoms with van der Waals surface area (Å²) in [5, 5.41) is 6.49. The van der Waals surface area contributed by atoms with E-state index in [2.05, 4.69) is 29.5 Å². The number of nitrogens with one attached hydrogen (secondary N) is 2. The van der Waals surface area contributed by atoms with Crippen LogP contribution in [0, 0.1) is 5.92 Å². The zero-order chi connectivity index (χ0) is 25.2. The average molecular weight is 486 g/mol. The molecule has 2 N–H and O–H groups in total. The molecule has 0 spiro atoms. The lowest BCUT2D eigenvalue weighted by Crippen LogP contribution is -2.25. The number of hydrogen-bond donors (Lipinski definition) is 2. The van der Waals surface area contributed by atoms with Crippen molar-refractivity contribution in [3.63, 3.8) is 0 Å². The highest BCUT2D eigenvalue weighted by Gasteiger charge is 2.24. The number of anilines is 1. The van der Waals surface area contributed by atoms with E-state index in [-0.39, 0.29) is 5.91 Å². The molecular formula is C28H31N5O3. The van der Waals surface area contributed by atoms with Crippen molar-refractivity contribution in [1.82, 2.24) is 19.7 Å². The number of imidazole rings is 1. The van der Waals surface area contributed by atoms with Crippen molar-refractivity contribution < 1.29 is 14.3 Å². The highest BCUT2D eigenvalue weighted by molar-refractivity contribution is 5.95. The van der Waals surface area contributed by atoms with Gasteiger partial charge < -0.3 is 20.1 Å². The Kier molecular flexibility index (Phi) is 6.50. The molecule has 0 aliphatic heterocycles. The van der Waals surface area contributed by atoms with Crippen molar-refractivity contribution >= 4 is 17.4 Å². The van der Waals surface area contributed by atoms with Crippen molar-refractivity contribution in [3.05, 3.63) is 60.4 Å². The molecule has 0 bridgehead atoms. The van der Waals surface area contributed by atoms with Gasteiger partial charge in [0.15, 0.2) is 11.5 Å². The number of aromatic nitrogens is 3. The average Bonchev–Trinajstić information content (AvgIpc) is 3.61. The lowest BCUT2D eigenvalue weighted by molar-refractivity contribution is 0.0951. The predicted molar refractivity (Wildman–Crippen MR) is 141 cm³/mol. The monoisotopic (exact) mass is 485 g/mol. The van der Waals surface area contributed by atoms with Crippen LogP contribution >= 0.6 is 0 Å². The van der Waals surface area contributed by atoms with Crippen molar-refractivity contribution in [3.8, 4) is 34.0 Å². The van der Waals surface area contributed by atoms with E-state index in [0.717, 1.165) is 47.5 Å². The number of amides is 1. The van der Waals surface area contributed by atoms with Crippen LogP contribution in [0.15, 0.2) is 54.9 Å². The SMILES string of the molecule is COc1cc(OC)cc(-c2cn3c(-c4ccc(C(=O)NC5CC5)cc4)cnc3c(NCC(C)C)n2)c1. The van der Waals surface area contributed by atoms with Crippen molar-refractivity contribution in [1.29, 1.82) is 0 Å². The third-order valence-corrected chi connectivity index (χ3v) is 6.17. The molecule has 0 atom stereocenters. The number of carbonyl (C=O) groups is 1. The van der Waals surface area contributed by atoms with Gasteiger partial charge in [0.1, 0.15) is 11.5 Å². The van der Waals surface area contributed by atoms with E-state index in [1.54, 1.807) is 14.2 Å². The number of hydrogen-bond acceptors (Lipinski definition) is 6. The topological polar surface area (TPSA) is 89.8 Å². The summed E-state index contributed by atoms with van der Waals surface area (Å²) in [6.45, 7) is 5.07. The lowest BCUT2D eigenvalue weighted by atomic mass is 10.1. The van der Waals surface area contributed by atoms with Gasteiger partial charge in [-0.2, -0.15) is 0 Å². The molecule has 8 heteroatoms. The van der Waals surface area contributed by atoms with E-state index in [1.165, 1.54) is 0 Å². The first kappa shape index (κ1) is 23.7. The molecule has 1 fully saturated rings. The highest BCUT2D eigenvalue weighted by atomic mass is 16.5. The summed E-state index contributed by atoms with van der Waals surface area (Å²) in [6.07, 6.45) is 5.94. The van der Waals surface area contributed by atoms with E-state index in [9.17, 15) is 4.79 Å². The van der Waals surface area contributed by atoms with Crippen molar-refractivity contribution in [2.45, 2.75) is 32.7 Å². The summed E-state index contributed by atoms with van der Waals surface area (Å²) >= 11 is 0. The first-order valence-corrected chi connectivity index (χ1v) is 12.2. The molecule has 2 aromatic carbocycles. The van der Waals surface area contributed by atoms with E-state index in [4.69, 9.17) is 14.5 Å². The number of methoxy groups -OCH3 is 2. The quantitative estimate of drug-likeness (QED) is 0.345. The van der Waals surface area contributed by atoms with Crippen LogP contribution in [0.3, 0.4) is 0 Å².